The number of nitrogens with one attached hydrogen (secondary N) is 1. The van der Waals surface area contributed by atoms with Gasteiger partial charge >= 0.3 is 5.97 Å². The van der Waals surface area contributed by atoms with E-state index in [1.54, 1.807) is 18.2 Å². The Morgan fingerprint density at radius 1 is 1.08 bits per heavy atom. The fourth-order valence-electron chi connectivity index (χ4n) is 1.90. The number of benzene rings is 2. The van der Waals surface area contributed by atoms with E-state index in [-0.39, 0.29) is 16.1 Å². The standard InChI is InChI=1S/C15H13Br2NO5S/c1-22-10-4-6-13(11(8-10)15(19)23-2)18-24(20,21)14-7-9(16)3-5-12(14)17/h3-8,18H,1-2H3. The second kappa shape index (κ2) is 7.54. The van der Waals surface area contributed by atoms with E-state index >= 15 is 0 Å². The van der Waals surface area contributed by atoms with Crippen molar-refractivity contribution in [3.8, 4) is 5.75 Å². The van der Waals surface area contributed by atoms with Crippen LogP contribution < -0.4 is 9.46 Å². The molecule has 0 radical (unpaired) electrons. The summed E-state index contributed by atoms with van der Waals surface area (Å²) in [5.41, 5.74) is 0.140. The fraction of sp³-hybridized carbons (Fsp3) is 0.133. The fourth-order valence-corrected chi connectivity index (χ4v) is 4.48. The zero-order chi connectivity index (χ0) is 17.9. The van der Waals surface area contributed by atoms with Crippen molar-refractivity contribution in [1.82, 2.24) is 0 Å². The molecule has 2 aromatic rings. The molecular formula is C15H13Br2NO5S. The van der Waals surface area contributed by atoms with Gasteiger partial charge in [0.15, 0.2) is 0 Å². The molecule has 0 saturated carbocycles. The SMILES string of the molecule is COC(=O)c1cc(OC)ccc1NS(=O)(=O)c1cc(Br)ccc1Br. The van der Waals surface area contributed by atoms with Crippen LogP contribution in [0.3, 0.4) is 0 Å². The number of hydrogen-bond donors (Lipinski definition) is 1. The molecule has 0 heterocycles. The highest BCUT2D eigenvalue weighted by molar-refractivity contribution is 9.11. The van der Waals surface area contributed by atoms with Gasteiger partial charge in [-0.1, -0.05) is 15.9 Å². The lowest BCUT2D eigenvalue weighted by atomic mass is 10.2. The maximum Gasteiger partial charge on any atom is 0.340 e. The van der Waals surface area contributed by atoms with Crippen molar-refractivity contribution in [3.63, 3.8) is 0 Å². The molecule has 6 nitrogen and oxygen atoms in total. The van der Waals surface area contributed by atoms with Crippen molar-refractivity contribution in [2.75, 3.05) is 18.9 Å². The maximum absolute atomic E-state index is 12.6. The highest BCUT2D eigenvalue weighted by atomic mass is 79.9. The van der Waals surface area contributed by atoms with Crippen LogP contribution in [0.4, 0.5) is 5.69 Å². The van der Waals surface area contributed by atoms with E-state index in [1.165, 1.54) is 32.4 Å². The lowest BCUT2D eigenvalue weighted by molar-refractivity contribution is 0.0601. The zero-order valence-corrected chi connectivity index (χ0v) is 16.7. The average Bonchev–Trinajstić information content (AvgIpc) is 2.56. The minimum absolute atomic E-state index is 0.0310. The molecule has 0 amide bonds. The van der Waals surface area contributed by atoms with E-state index in [0.29, 0.717) is 14.7 Å². The third-order valence-corrected chi connectivity index (χ3v) is 5.91. The lowest BCUT2D eigenvalue weighted by Gasteiger charge is -2.14. The van der Waals surface area contributed by atoms with E-state index in [2.05, 4.69) is 36.6 Å². The van der Waals surface area contributed by atoms with Gasteiger partial charge in [0.2, 0.25) is 0 Å². The molecule has 0 unspecified atom stereocenters. The Kier molecular flexibility index (Phi) is 5.89. The Hall–Kier alpha value is -1.58. The topological polar surface area (TPSA) is 81.7 Å². The number of halogens is 2. The van der Waals surface area contributed by atoms with Crippen LogP contribution in [0.2, 0.25) is 0 Å². The largest absolute Gasteiger partial charge is 0.497 e. The van der Waals surface area contributed by atoms with Crippen molar-refractivity contribution in [3.05, 3.63) is 50.9 Å². The van der Waals surface area contributed by atoms with E-state index in [9.17, 15) is 13.2 Å². The Morgan fingerprint density at radius 2 is 1.79 bits per heavy atom. The molecule has 2 aromatic carbocycles. The summed E-state index contributed by atoms with van der Waals surface area (Å²) in [5.74, 6) is -0.276. The zero-order valence-electron chi connectivity index (χ0n) is 12.7. The summed E-state index contributed by atoms with van der Waals surface area (Å²) in [6.07, 6.45) is 0. The highest BCUT2D eigenvalue weighted by Crippen LogP contribution is 2.29. The van der Waals surface area contributed by atoms with Gasteiger partial charge in [-0.25, -0.2) is 13.2 Å². The number of carbonyl (C=O) groups is 1. The quantitative estimate of drug-likeness (QED) is 0.661. The number of esters is 1. The number of ether oxygens (including phenoxy) is 2. The molecule has 0 aliphatic heterocycles. The third-order valence-electron chi connectivity index (χ3n) is 3.06. The first-order valence-corrected chi connectivity index (χ1v) is 9.59. The van der Waals surface area contributed by atoms with Crippen LogP contribution in [0.25, 0.3) is 0 Å². The van der Waals surface area contributed by atoms with Crippen molar-refractivity contribution in [1.29, 1.82) is 0 Å². The Labute approximate surface area is 156 Å². The summed E-state index contributed by atoms with van der Waals surface area (Å²) in [4.78, 5) is 11.9. The van der Waals surface area contributed by atoms with Gasteiger partial charge in [-0.05, 0) is 52.3 Å². The Balaban J connectivity index is 2.50. The van der Waals surface area contributed by atoms with Gasteiger partial charge in [-0.15, -0.1) is 0 Å². The highest BCUT2D eigenvalue weighted by Gasteiger charge is 2.22. The molecule has 0 aromatic heterocycles. The van der Waals surface area contributed by atoms with Gasteiger partial charge in [0.1, 0.15) is 10.6 Å². The molecule has 0 spiro atoms. The summed E-state index contributed by atoms with van der Waals surface area (Å²) in [5, 5.41) is 0. The van der Waals surface area contributed by atoms with E-state index in [1.807, 2.05) is 0 Å². The monoisotopic (exact) mass is 477 g/mol. The maximum atomic E-state index is 12.6. The van der Waals surface area contributed by atoms with E-state index in [0.717, 1.165) is 0 Å². The molecule has 0 atom stereocenters. The van der Waals surface area contributed by atoms with Crippen LogP contribution in [0, 0.1) is 0 Å². The summed E-state index contributed by atoms with van der Waals surface area (Å²) in [7, 11) is -1.27. The number of rotatable bonds is 5. The van der Waals surface area contributed by atoms with E-state index in [4.69, 9.17) is 9.47 Å². The lowest BCUT2D eigenvalue weighted by Crippen LogP contribution is -2.16. The van der Waals surface area contributed by atoms with Gasteiger partial charge in [0.05, 0.1) is 25.5 Å². The van der Waals surface area contributed by atoms with Crippen LogP contribution in [0.1, 0.15) is 10.4 Å². The molecular weight excluding hydrogens is 466 g/mol. The van der Waals surface area contributed by atoms with Crippen molar-refractivity contribution >= 4 is 53.5 Å². The van der Waals surface area contributed by atoms with Gasteiger partial charge in [-0.2, -0.15) is 0 Å². The number of hydrogen-bond acceptors (Lipinski definition) is 5. The predicted octanol–water partition coefficient (Wildman–Crippen LogP) is 3.81. The second-order valence-corrected chi connectivity index (χ2v) is 8.00. The second-order valence-electron chi connectivity index (χ2n) is 4.58. The molecule has 0 bridgehead atoms. The molecule has 1 N–H and O–H groups in total. The minimum atomic E-state index is -3.93. The van der Waals surface area contributed by atoms with Gasteiger partial charge in [0.25, 0.3) is 10.0 Å². The van der Waals surface area contributed by atoms with Crippen molar-refractivity contribution in [2.24, 2.45) is 0 Å². The summed E-state index contributed by atoms with van der Waals surface area (Å²) < 4.78 is 38.4. The molecule has 0 aliphatic carbocycles. The Morgan fingerprint density at radius 3 is 2.42 bits per heavy atom. The molecule has 0 saturated heterocycles. The molecule has 2 rings (SSSR count). The smallest absolute Gasteiger partial charge is 0.340 e. The predicted molar refractivity (Wildman–Crippen MR) is 97.0 cm³/mol. The minimum Gasteiger partial charge on any atom is -0.497 e. The van der Waals surface area contributed by atoms with Crippen LogP contribution in [-0.4, -0.2) is 28.6 Å². The number of carbonyl (C=O) groups excluding carboxylic acids is 1. The van der Waals surface area contributed by atoms with Crippen LogP contribution in [0.15, 0.2) is 50.2 Å². The van der Waals surface area contributed by atoms with Gasteiger partial charge in [0, 0.05) is 8.95 Å². The van der Waals surface area contributed by atoms with Gasteiger partial charge in [-0.3, -0.25) is 4.72 Å². The summed E-state index contributed by atoms with van der Waals surface area (Å²) >= 11 is 6.45. The molecule has 128 valence electrons. The first kappa shape index (κ1) is 18.8. The van der Waals surface area contributed by atoms with Crippen LogP contribution >= 0.6 is 31.9 Å². The molecule has 0 aliphatic rings. The number of sulfonamides is 1. The Bertz CT molecular complexity index is 883. The van der Waals surface area contributed by atoms with Crippen LogP contribution in [-0.2, 0) is 14.8 Å². The average molecular weight is 479 g/mol. The summed E-state index contributed by atoms with van der Waals surface area (Å²) in [6, 6.07) is 9.15. The normalized spacial score (nSPS) is 11.0. The van der Waals surface area contributed by atoms with E-state index < -0.39 is 16.0 Å². The van der Waals surface area contributed by atoms with Crippen molar-refractivity contribution < 1.29 is 22.7 Å². The first-order valence-electron chi connectivity index (χ1n) is 6.52. The first-order chi connectivity index (χ1) is 11.3. The van der Waals surface area contributed by atoms with Gasteiger partial charge < -0.3 is 9.47 Å². The number of methoxy groups -OCH3 is 2. The molecule has 0 fully saturated rings. The molecule has 24 heavy (non-hydrogen) atoms. The summed E-state index contributed by atoms with van der Waals surface area (Å²) in [6.45, 7) is 0. The molecule has 9 heteroatoms. The van der Waals surface area contributed by atoms with Crippen LogP contribution in [0.5, 0.6) is 5.75 Å². The third kappa shape index (κ3) is 4.08. The number of anilines is 1. The van der Waals surface area contributed by atoms with Crippen molar-refractivity contribution in [2.45, 2.75) is 4.90 Å².